The van der Waals surface area contributed by atoms with Gasteiger partial charge in [0, 0.05) is 24.8 Å². The highest BCUT2D eigenvalue weighted by atomic mass is 16.3. The van der Waals surface area contributed by atoms with E-state index in [1.807, 2.05) is 31.3 Å². The summed E-state index contributed by atoms with van der Waals surface area (Å²) in [6, 6.07) is 7.50. The number of hydrogen-bond donors (Lipinski definition) is 2. The van der Waals surface area contributed by atoms with E-state index in [0.717, 1.165) is 18.7 Å². The van der Waals surface area contributed by atoms with Crippen molar-refractivity contribution in [3.63, 3.8) is 0 Å². The van der Waals surface area contributed by atoms with E-state index >= 15 is 0 Å². The van der Waals surface area contributed by atoms with Crippen molar-refractivity contribution in [2.75, 3.05) is 25.1 Å². The Morgan fingerprint density at radius 2 is 1.89 bits per heavy atom. The molecule has 4 heteroatoms. The normalized spacial score (nSPS) is 11.2. The Morgan fingerprint density at radius 1 is 1.32 bits per heavy atom. The zero-order valence-corrected chi connectivity index (χ0v) is 12.2. The first-order valence-corrected chi connectivity index (χ1v) is 6.64. The highest BCUT2D eigenvalue weighted by molar-refractivity contribution is 5.95. The van der Waals surface area contributed by atoms with Gasteiger partial charge in [-0.05, 0) is 44.5 Å². The van der Waals surface area contributed by atoms with Crippen molar-refractivity contribution in [1.29, 1.82) is 0 Å². The zero-order chi connectivity index (χ0) is 14.5. The van der Waals surface area contributed by atoms with Gasteiger partial charge in [0.05, 0.1) is 12.1 Å². The van der Waals surface area contributed by atoms with E-state index in [-0.39, 0.29) is 12.5 Å². The van der Waals surface area contributed by atoms with Gasteiger partial charge in [-0.3, -0.25) is 4.79 Å². The minimum Gasteiger partial charge on any atom is -0.394 e. The fourth-order valence-electron chi connectivity index (χ4n) is 1.75. The SMILES string of the molecule is CCCN(C)c1ccc(C(=O)NC(C)(C)CO)cc1. The number of amides is 1. The summed E-state index contributed by atoms with van der Waals surface area (Å²) < 4.78 is 0. The number of nitrogens with one attached hydrogen (secondary N) is 1. The lowest BCUT2D eigenvalue weighted by Crippen LogP contribution is -2.46. The van der Waals surface area contributed by atoms with Gasteiger partial charge in [0.25, 0.3) is 5.91 Å². The first-order valence-electron chi connectivity index (χ1n) is 6.64. The Morgan fingerprint density at radius 3 is 2.37 bits per heavy atom. The molecule has 0 heterocycles. The predicted octanol–water partition coefficient (Wildman–Crippen LogP) is 2.03. The topological polar surface area (TPSA) is 52.6 Å². The molecule has 0 saturated heterocycles. The zero-order valence-electron chi connectivity index (χ0n) is 12.2. The first kappa shape index (κ1) is 15.5. The molecule has 0 spiro atoms. The van der Waals surface area contributed by atoms with Crippen LogP contribution in [0.2, 0.25) is 0 Å². The van der Waals surface area contributed by atoms with Gasteiger partial charge in [0.1, 0.15) is 0 Å². The van der Waals surface area contributed by atoms with Gasteiger partial charge in [-0.1, -0.05) is 6.92 Å². The summed E-state index contributed by atoms with van der Waals surface area (Å²) in [5.41, 5.74) is 1.10. The molecular formula is C15H24N2O2. The van der Waals surface area contributed by atoms with Crippen LogP contribution in [0.15, 0.2) is 24.3 Å². The number of nitrogens with zero attached hydrogens (tertiary/aromatic N) is 1. The first-order chi connectivity index (χ1) is 8.89. The fourth-order valence-corrected chi connectivity index (χ4v) is 1.75. The maximum atomic E-state index is 12.0. The largest absolute Gasteiger partial charge is 0.394 e. The minimum absolute atomic E-state index is 0.0872. The van der Waals surface area contributed by atoms with Crippen LogP contribution < -0.4 is 10.2 Å². The van der Waals surface area contributed by atoms with E-state index < -0.39 is 5.54 Å². The third-order valence-electron chi connectivity index (χ3n) is 2.98. The lowest BCUT2D eigenvalue weighted by atomic mass is 10.1. The molecule has 0 bridgehead atoms. The Bertz CT molecular complexity index is 413. The fraction of sp³-hybridized carbons (Fsp3) is 0.533. The molecule has 1 aromatic rings. The molecule has 0 atom stereocenters. The van der Waals surface area contributed by atoms with Gasteiger partial charge < -0.3 is 15.3 Å². The monoisotopic (exact) mass is 264 g/mol. The van der Waals surface area contributed by atoms with Gasteiger partial charge in [0.15, 0.2) is 0 Å². The third kappa shape index (κ3) is 4.56. The van der Waals surface area contributed by atoms with E-state index in [1.165, 1.54) is 0 Å². The van der Waals surface area contributed by atoms with Crippen LogP contribution in [-0.2, 0) is 0 Å². The van der Waals surface area contributed by atoms with E-state index in [2.05, 4.69) is 17.1 Å². The average Bonchev–Trinajstić information content (AvgIpc) is 2.38. The lowest BCUT2D eigenvalue weighted by molar-refractivity contribution is 0.0869. The maximum absolute atomic E-state index is 12.0. The molecule has 4 nitrogen and oxygen atoms in total. The number of hydrogen-bond acceptors (Lipinski definition) is 3. The van der Waals surface area contributed by atoms with Gasteiger partial charge in [-0.2, -0.15) is 0 Å². The summed E-state index contributed by atoms with van der Waals surface area (Å²) in [5, 5.41) is 11.9. The van der Waals surface area contributed by atoms with Crippen molar-refractivity contribution >= 4 is 11.6 Å². The molecule has 0 saturated carbocycles. The summed E-state index contributed by atoms with van der Waals surface area (Å²) in [4.78, 5) is 14.1. The molecule has 106 valence electrons. The molecular weight excluding hydrogens is 240 g/mol. The second-order valence-electron chi connectivity index (χ2n) is 5.46. The lowest BCUT2D eigenvalue weighted by Gasteiger charge is -2.23. The summed E-state index contributed by atoms with van der Waals surface area (Å²) in [5.74, 6) is -0.163. The quantitative estimate of drug-likeness (QED) is 0.826. The van der Waals surface area contributed by atoms with Gasteiger partial charge in [-0.15, -0.1) is 0 Å². The van der Waals surface area contributed by atoms with Gasteiger partial charge in [0.2, 0.25) is 0 Å². The number of benzene rings is 1. The third-order valence-corrected chi connectivity index (χ3v) is 2.98. The van der Waals surface area contributed by atoms with Crippen LogP contribution in [0, 0.1) is 0 Å². The summed E-state index contributed by atoms with van der Waals surface area (Å²) >= 11 is 0. The summed E-state index contributed by atoms with van der Waals surface area (Å²) in [6.45, 7) is 6.61. The van der Waals surface area contributed by atoms with E-state index in [0.29, 0.717) is 5.56 Å². The van der Waals surface area contributed by atoms with Crippen molar-refractivity contribution in [2.45, 2.75) is 32.7 Å². The number of carbonyl (C=O) groups excluding carboxylic acids is 1. The van der Waals surface area contributed by atoms with E-state index in [4.69, 9.17) is 5.11 Å². The number of anilines is 1. The van der Waals surface area contributed by atoms with Crippen molar-refractivity contribution in [3.05, 3.63) is 29.8 Å². The molecule has 0 radical (unpaired) electrons. The molecule has 0 fully saturated rings. The Hall–Kier alpha value is -1.55. The Balaban J connectivity index is 2.73. The van der Waals surface area contributed by atoms with Crippen LogP contribution in [0.4, 0.5) is 5.69 Å². The van der Waals surface area contributed by atoms with E-state index in [1.54, 1.807) is 13.8 Å². The predicted molar refractivity (Wildman–Crippen MR) is 78.6 cm³/mol. The molecule has 1 aromatic carbocycles. The average molecular weight is 264 g/mol. The minimum atomic E-state index is -0.602. The van der Waals surface area contributed by atoms with Crippen LogP contribution in [0.25, 0.3) is 0 Å². The second-order valence-corrected chi connectivity index (χ2v) is 5.46. The summed E-state index contributed by atoms with van der Waals surface area (Å²) in [6.07, 6.45) is 1.09. The highest BCUT2D eigenvalue weighted by Crippen LogP contribution is 2.14. The molecule has 19 heavy (non-hydrogen) atoms. The van der Waals surface area contributed by atoms with E-state index in [9.17, 15) is 4.79 Å². The molecule has 2 N–H and O–H groups in total. The van der Waals surface area contributed by atoms with Crippen LogP contribution >= 0.6 is 0 Å². The maximum Gasteiger partial charge on any atom is 0.251 e. The van der Waals surface area contributed by atoms with Crippen molar-refractivity contribution in [2.24, 2.45) is 0 Å². The molecule has 1 amide bonds. The molecule has 0 aliphatic rings. The Kier molecular flexibility index (Phi) is 5.36. The van der Waals surface area contributed by atoms with Gasteiger partial charge in [-0.25, -0.2) is 0 Å². The molecule has 1 rings (SSSR count). The number of carbonyl (C=O) groups is 1. The van der Waals surface area contributed by atoms with Crippen molar-refractivity contribution in [1.82, 2.24) is 5.32 Å². The Labute approximate surface area is 115 Å². The second kappa shape index (κ2) is 6.57. The molecule has 0 aliphatic heterocycles. The van der Waals surface area contributed by atoms with Crippen LogP contribution in [0.5, 0.6) is 0 Å². The van der Waals surface area contributed by atoms with Gasteiger partial charge >= 0.3 is 0 Å². The van der Waals surface area contributed by atoms with Crippen molar-refractivity contribution in [3.8, 4) is 0 Å². The number of aliphatic hydroxyl groups is 1. The smallest absolute Gasteiger partial charge is 0.251 e. The van der Waals surface area contributed by atoms with Crippen LogP contribution in [-0.4, -0.2) is 36.8 Å². The summed E-state index contributed by atoms with van der Waals surface area (Å²) in [7, 11) is 2.04. The van der Waals surface area contributed by atoms with Crippen LogP contribution in [0.3, 0.4) is 0 Å². The van der Waals surface area contributed by atoms with Crippen LogP contribution in [0.1, 0.15) is 37.6 Å². The molecule has 0 unspecified atom stereocenters. The molecule has 0 aliphatic carbocycles. The number of aliphatic hydroxyl groups excluding tert-OH is 1. The number of rotatable bonds is 6. The van der Waals surface area contributed by atoms with Crippen molar-refractivity contribution < 1.29 is 9.90 Å². The standard InChI is InChI=1S/C15H24N2O2/c1-5-10-17(4)13-8-6-12(7-9-13)14(19)16-15(2,3)11-18/h6-9,18H,5,10-11H2,1-4H3,(H,16,19). The highest BCUT2D eigenvalue weighted by Gasteiger charge is 2.19. The molecule has 0 aromatic heterocycles.